The summed E-state index contributed by atoms with van der Waals surface area (Å²) in [6, 6.07) is 12.4. The van der Waals surface area contributed by atoms with Crippen LogP contribution >= 0.6 is 23.4 Å². The van der Waals surface area contributed by atoms with E-state index in [2.05, 4.69) is 28.3 Å². The zero-order chi connectivity index (χ0) is 18.4. The van der Waals surface area contributed by atoms with Crippen molar-refractivity contribution < 1.29 is 4.74 Å². The molecule has 0 spiro atoms. The molecule has 0 saturated carbocycles. The summed E-state index contributed by atoms with van der Waals surface area (Å²) in [6.45, 7) is 6.52. The quantitative estimate of drug-likeness (QED) is 0.489. The lowest BCUT2D eigenvalue weighted by Gasteiger charge is -2.14. The lowest BCUT2D eigenvalue weighted by Crippen LogP contribution is -2.27. The molecule has 3 aromatic rings. The van der Waals surface area contributed by atoms with Crippen LogP contribution in [0.15, 0.2) is 52.4 Å². The molecule has 0 amide bonds. The third-order valence-corrected chi connectivity index (χ3v) is 5.59. The van der Waals surface area contributed by atoms with Crippen molar-refractivity contribution in [2.24, 2.45) is 0 Å². The van der Waals surface area contributed by atoms with Crippen LogP contribution in [-0.4, -0.2) is 29.2 Å². The van der Waals surface area contributed by atoms with Crippen LogP contribution in [0.2, 0.25) is 5.02 Å². The third kappa shape index (κ3) is 5.01. The van der Waals surface area contributed by atoms with E-state index >= 15 is 0 Å². The van der Waals surface area contributed by atoms with Crippen molar-refractivity contribution in [3.8, 4) is 0 Å². The number of rotatable bonds is 9. The first-order chi connectivity index (χ1) is 12.7. The standard InChI is InChI=1S/C20H24ClN3OS/c1-3-25-12-10-14(2)23-13-18-19(17-5-4-11-22-20(17)24-18)26-16-8-6-15(21)7-9-16/h4-9,11,14,23H,3,10,12-13H2,1-2H3,(H,22,24). The van der Waals surface area contributed by atoms with E-state index in [1.165, 1.54) is 4.90 Å². The molecule has 0 bridgehead atoms. The average Bonchev–Trinajstić information content (AvgIpc) is 3.00. The van der Waals surface area contributed by atoms with Crippen molar-refractivity contribution in [2.45, 2.75) is 42.6 Å². The number of nitrogens with one attached hydrogen (secondary N) is 2. The van der Waals surface area contributed by atoms with Crippen molar-refractivity contribution >= 4 is 34.4 Å². The number of aromatic nitrogens is 2. The van der Waals surface area contributed by atoms with Gasteiger partial charge in [0.2, 0.25) is 0 Å². The summed E-state index contributed by atoms with van der Waals surface area (Å²) >= 11 is 7.75. The molecule has 2 heterocycles. The number of aromatic amines is 1. The first kappa shape index (κ1) is 19.2. The highest BCUT2D eigenvalue weighted by Gasteiger charge is 2.14. The minimum absolute atomic E-state index is 0.384. The minimum atomic E-state index is 0.384. The monoisotopic (exact) mass is 389 g/mol. The Morgan fingerprint density at radius 2 is 2.08 bits per heavy atom. The molecule has 1 aromatic carbocycles. The molecule has 0 aliphatic carbocycles. The van der Waals surface area contributed by atoms with Gasteiger partial charge >= 0.3 is 0 Å². The second-order valence-electron chi connectivity index (χ2n) is 6.16. The van der Waals surface area contributed by atoms with Gasteiger partial charge in [-0.3, -0.25) is 0 Å². The van der Waals surface area contributed by atoms with Gasteiger partial charge in [0.05, 0.1) is 0 Å². The number of ether oxygens (including phenoxy) is 1. The van der Waals surface area contributed by atoms with Crippen LogP contribution in [0.5, 0.6) is 0 Å². The van der Waals surface area contributed by atoms with Crippen LogP contribution < -0.4 is 5.32 Å². The van der Waals surface area contributed by atoms with Gasteiger partial charge in [0, 0.05) is 57.9 Å². The average molecular weight is 390 g/mol. The number of benzene rings is 1. The Kier molecular flexibility index (Phi) is 6.97. The van der Waals surface area contributed by atoms with Crippen molar-refractivity contribution in [3.05, 3.63) is 53.3 Å². The zero-order valence-electron chi connectivity index (χ0n) is 15.1. The first-order valence-electron chi connectivity index (χ1n) is 8.87. The Labute approximate surface area is 163 Å². The number of H-pyrrole nitrogens is 1. The van der Waals surface area contributed by atoms with Gasteiger partial charge in [-0.2, -0.15) is 0 Å². The molecule has 6 heteroatoms. The van der Waals surface area contributed by atoms with E-state index in [1.807, 2.05) is 43.5 Å². The number of halogens is 1. The summed E-state index contributed by atoms with van der Waals surface area (Å²) in [5, 5.41) is 5.48. The molecular formula is C20H24ClN3OS. The number of pyridine rings is 1. The van der Waals surface area contributed by atoms with Gasteiger partial charge in [0.1, 0.15) is 5.65 Å². The molecule has 2 aromatic heterocycles. The normalized spacial score (nSPS) is 12.6. The third-order valence-electron chi connectivity index (χ3n) is 4.16. The fourth-order valence-corrected chi connectivity index (χ4v) is 3.85. The molecule has 0 aliphatic rings. The van der Waals surface area contributed by atoms with E-state index in [0.29, 0.717) is 6.04 Å². The highest BCUT2D eigenvalue weighted by Crippen LogP contribution is 2.36. The van der Waals surface area contributed by atoms with Gasteiger partial charge in [-0.1, -0.05) is 23.4 Å². The molecule has 0 aliphatic heterocycles. The summed E-state index contributed by atoms with van der Waals surface area (Å²) in [5.74, 6) is 0. The van der Waals surface area contributed by atoms with E-state index in [0.717, 1.165) is 52.8 Å². The lowest BCUT2D eigenvalue weighted by atomic mass is 10.2. The predicted molar refractivity (Wildman–Crippen MR) is 109 cm³/mol. The van der Waals surface area contributed by atoms with Crippen molar-refractivity contribution in [1.29, 1.82) is 0 Å². The summed E-state index contributed by atoms with van der Waals surface area (Å²) in [7, 11) is 0. The molecule has 0 fully saturated rings. The van der Waals surface area contributed by atoms with E-state index in [1.54, 1.807) is 11.8 Å². The smallest absolute Gasteiger partial charge is 0.138 e. The predicted octanol–water partition coefficient (Wildman–Crippen LogP) is 5.27. The number of nitrogens with zero attached hydrogens (tertiary/aromatic N) is 1. The topological polar surface area (TPSA) is 49.9 Å². The van der Waals surface area contributed by atoms with Crippen LogP contribution in [0.3, 0.4) is 0 Å². The Hall–Kier alpha value is -1.53. The highest BCUT2D eigenvalue weighted by atomic mass is 35.5. The Morgan fingerprint density at radius 3 is 2.85 bits per heavy atom. The molecule has 1 atom stereocenters. The van der Waals surface area contributed by atoms with E-state index < -0.39 is 0 Å². The molecule has 3 rings (SSSR count). The first-order valence-corrected chi connectivity index (χ1v) is 10.1. The maximum absolute atomic E-state index is 6.01. The fraction of sp³-hybridized carbons (Fsp3) is 0.350. The van der Waals surface area contributed by atoms with Gasteiger partial charge in [-0.05, 0) is 56.7 Å². The summed E-state index contributed by atoms with van der Waals surface area (Å²) < 4.78 is 5.44. The van der Waals surface area contributed by atoms with E-state index in [4.69, 9.17) is 16.3 Å². The summed E-state index contributed by atoms with van der Waals surface area (Å²) in [5.41, 5.74) is 2.07. The second kappa shape index (κ2) is 9.42. The lowest BCUT2D eigenvalue weighted by molar-refractivity contribution is 0.137. The summed E-state index contributed by atoms with van der Waals surface area (Å²) in [6.07, 6.45) is 2.81. The van der Waals surface area contributed by atoms with Crippen LogP contribution in [0.25, 0.3) is 11.0 Å². The Morgan fingerprint density at radius 1 is 1.27 bits per heavy atom. The molecule has 26 heavy (non-hydrogen) atoms. The molecule has 0 saturated heterocycles. The number of fused-ring (bicyclic) bond motifs is 1. The van der Waals surface area contributed by atoms with Gasteiger partial charge in [0.25, 0.3) is 0 Å². The molecule has 4 nitrogen and oxygen atoms in total. The zero-order valence-corrected chi connectivity index (χ0v) is 16.7. The summed E-state index contributed by atoms with van der Waals surface area (Å²) in [4.78, 5) is 10.3. The SMILES string of the molecule is CCOCCC(C)NCc1[nH]c2ncccc2c1Sc1ccc(Cl)cc1. The van der Waals surface area contributed by atoms with Gasteiger partial charge in [-0.15, -0.1) is 0 Å². The van der Waals surface area contributed by atoms with Gasteiger partial charge in [0.15, 0.2) is 0 Å². The second-order valence-corrected chi connectivity index (χ2v) is 7.68. The molecule has 2 N–H and O–H groups in total. The number of hydrogen-bond acceptors (Lipinski definition) is 4. The molecule has 1 unspecified atom stereocenters. The Bertz CT molecular complexity index is 835. The van der Waals surface area contributed by atoms with Gasteiger partial charge < -0.3 is 15.0 Å². The minimum Gasteiger partial charge on any atom is -0.382 e. The maximum atomic E-state index is 6.01. The Balaban J connectivity index is 1.77. The van der Waals surface area contributed by atoms with Crippen molar-refractivity contribution in [1.82, 2.24) is 15.3 Å². The molecule has 0 radical (unpaired) electrons. The van der Waals surface area contributed by atoms with Crippen LogP contribution in [0, 0.1) is 0 Å². The van der Waals surface area contributed by atoms with Crippen LogP contribution in [0.1, 0.15) is 26.0 Å². The van der Waals surface area contributed by atoms with E-state index in [-0.39, 0.29) is 0 Å². The van der Waals surface area contributed by atoms with Crippen LogP contribution in [0.4, 0.5) is 0 Å². The maximum Gasteiger partial charge on any atom is 0.138 e. The van der Waals surface area contributed by atoms with Crippen molar-refractivity contribution in [2.75, 3.05) is 13.2 Å². The van der Waals surface area contributed by atoms with Crippen LogP contribution in [-0.2, 0) is 11.3 Å². The number of hydrogen-bond donors (Lipinski definition) is 2. The largest absolute Gasteiger partial charge is 0.382 e. The van der Waals surface area contributed by atoms with Crippen molar-refractivity contribution in [3.63, 3.8) is 0 Å². The molecule has 138 valence electrons. The highest BCUT2D eigenvalue weighted by molar-refractivity contribution is 7.99. The van der Waals surface area contributed by atoms with Gasteiger partial charge in [-0.25, -0.2) is 4.98 Å². The molecular weight excluding hydrogens is 366 g/mol. The van der Waals surface area contributed by atoms with E-state index in [9.17, 15) is 0 Å². The fourth-order valence-electron chi connectivity index (χ4n) is 2.69.